The third kappa shape index (κ3) is 1.23. The number of esters is 1. The van der Waals surface area contributed by atoms with Crippen molar-refractivity contribution in [2.75, 3.05) is 7.11 Å². The van der Waals surface area contributed by atoms with Gasteiger partial charge in [-0.15, -0.1) is 0 Å². The summed E-state index contributed by atoms with van der Waals surface area (Å²) >= 11 is 0. The molecule has 0 amide bonds. The first kappa shape index (κ1) is 8.99. The van der Waals surface area contributed by atoms with Crippen molar-refractivity contribution in [2.45, 2.75) is 19.4 Å². The van der Waals surface area contributed by atoms with Crippen LogP contribution >= 0.6 is 0 Å². The normalized spacial score (nSPS) is 15.1. The van der Waals surface area contributed by atoms with E-state index in [4.69, 9.17) is 0 Å². The first-order valence-electron chi connectivity index (χ1n) is 4.55. The second-order valence-corrected chi connectivity index (χ2v) is 3.27. The van der Waals surface area contributed by atoms with Crippen LogP contribution in [-0.2, 0) is 11.3 Å². The lowest BCUT2D eigenvalue weighted by Crippen LogP contribution is -2.20. The number of Topliss-reactive ketones (excluding diaryl/α,β-unsaturated/α-hetero) is 1. The maximum absolute atomic E-state index is 11.4. The van der Waals surface area contributed by atoms with Crippen LogP contribution < -0.4 is 0 Å². The van der Waals surface area contributed by atoms with Crippen molar-refractivity contribution in [3.05, 3.63) is 23.5 Å². The maximum Gasteiger partial charge on any atom is 0.354 e. The zero-order valence-corrected chi connectivity index (χ0v) is 7.95. The van der Waals surface area contributed by atoms with Crippen molar-refractivity contribution in [3.63, 3.8) is 0 Å². The van der Waals surface area contributed by atoms with Crippen LogP contribution in [-0.4, -0.2) is 23.4 Å². The number of rotatable bonds is 1. The van der Waals surface area contributed by atoms with Crippen LogP contribution in [0.1, 0.15) is 33.8 Å². The van der Waals surface area contributed by atoms with Gasteiger partial charge < -0.3 is 9.30 Å². The number of ketones is 1. The summed E-state index contributed by atoms with van der Waals surface area (Å²) in [6, 6.07) is 3.33. The van der Waals surface area contributed by atoms with Crippen molar-refractivity contribution in [2.24, 2.45) is 0 Å². The Morgan fingerprint density at radius 2 is 2.29 bits per heavy atom. The number of carbonyl (C=O) groups is 2. The fraction of sp³-hybridized carbons (Fsp3) is 0.400. The molecule has 14 heavy (non-hydrogen) atoms. The number of hydrogen-bond donors (Lipinski definition) is 0. The molecule has 0 aromatic carbocycles. The van der Waals surface area contributed by atoms with E-state index in [2.05, 4.69) is 4.74 Å². The van der Waals surface area contributed by atoms with E-state index in [0.29, 0.717) is 17.8 Å². The van der Waals surface area contributed by atoms with Gasteiger partial charge >= 0.3 is 5.97 Å². The number of nitrogens with zero attached hydrogens (tertiary/aromatic N) is 1. The molecule has 0 spiro atoms. The molecule has 1 aromatic heterocycles. The van der Waals surface area contributed by atoms with Crippen LogP contribution in [0.5, 0.6) is 0 Å². The van der Waals surface area contributed by atoms with Crippen molar-refractivity contribution in [3.8, 4) is 0 Å². The third-order valence-electron chi connectivity index (χ3n) is 2.45. The Kier molecular flexibility index (Phi) is 2.11. The van der Waals surface area contributed by atoms with E-state index < -0.39 is 0 Å². The summed E-state index contributed by atoms with van der Waals surface area (Å²) in [5.74, 6) is -0.280. The molecule has 1 aromatic rings. The maximum atomic E-state index is 11.4. The molecule has 0 unspecified atom stereocenters. The van der Waals surface area contributed by atoms with Gasteiger partial charge in [0, 0.05) is 13.0 Å². The van der Waals surface area contributed by atoms with Gasteiger partial charge in [-0.3, -0.25) is 4.79 Å². The topological polar surface area (TPSA) is 48.3 Å². The predicted molar refractivity (Wildman–Crippen MR) is 49.3 cm³/mol. The molecule has 74 valence electrons. The van der Waals surface area contributed by atoms with Crippen LogP contribution in [0.2, 0.25) is 0 Å². The molecule has 1 aliphatic rings. The molecular formula is C10H11NO3. The molecule has 2 rings (SSSR count). The lowest BCUT2D eigenvalue weighted by Gasteiger charge is -2.15. The molecule has 0 fully saturated rings. The molecular weight excluding hydrogens is 182 g/mol. The van der Waals surface area contributed by atoms with Crippen LogP contribution in [0.15, 0.2) is 12.1 Å². The molecule has 0 radical (unpaired) electrons. The minimum Gasteiger partial charge on any atom is -0.464 e. The zero-order chi connectivity index (χ0) is 10.1. The Labute approximate surface area is 81.5 Å². The summed E-state index contributed by atoms with van der Waals surface area (Å²) in [5, 5.41) is 0. The van der Waals surface area contributed by atoms with E-state index in [0.717, 1.165) is 13.0 Å². The third-order valence-corrected chi connectivity index (χ3v) is 2.45. The van der Waals surface area contributed by atoms with Crippen LogP contribution in [0.25, 0.3) is 0 Å². The van der Waals surface area contributed by atoms with Crippen LogP contribution in [0.3, 0.4) is 0 Å². The standard InChI is InChI=1S/C10H11NO3/c1-14-10(13)8-5-4-7-9(12)3-2-6-11(7)8/h4-5H,2-3,6H2,1H3. The highest BCUT2D eigenvalue weighted by molar-refractivity contribution is 5.98. The lowest BCUT2D eigenvalue weighted by molar-refractivity contribution is 0.0587. The smallest absolute Gasteiger partial charge is 0.354 e. The lowest BCUT2D eigenvalue weighted by atomic mass is 10.1. The number of fused-ring (bicyclic) bond motifs is 1. The molecule has 0 bridgehead atoms. The highest BCUT2D eigenvalue weighted by Gasteiger charge is 2.22. The summed E-state index contributed by atoms with van der Waals surface area (Å²) in [5.41, 5.74) is 1.09. The minimum atomic E-state index is -0.383. The Bertz CT molecular complexity index is 392. The van der Waals surface area contributed by atoms with Crippen molar-refractivity contribution < 1.29 is 14.3 Å². The number of ether oxygens (including phenoxy) is 1. The first-order valence-corrected chi connectivity index (χ1v) is 4.55. The molecule has 0 atom stereocenters. The average molecular weight is 193 g/mol. The fourth-order valence-electron chi connectivity index (χ4n) is 1.76. The molecule has 0 N–H and O–H groups in total. The summed E-state index contributed by atoms with van der Waals surface area (Å²) in [7, 11) is 1.34. The van der Waals surface area contributed by atoms with Gasteiger partial charge in [-0.2, -0.15) is 0 Å². The summed E-state index contributed by atoms with van der Waals surface area (Å²) < 4.78 is 6.36. The Morgan fingerprint density at radius 1 is 1.50 bits per heavy atom. The van der Waals surface area contributed by atoms with Gasteiger partial charge in [-0.1, -0.05) is 0 Å². The fourth-order valence-corrected chi connectivity index (χ4v) is 1.76. The van der Waals surface area contributed by atoms with Crippen molar-refractivity contribution in [1.82, 2.24) is 4.57 Å². The monoisotopic (exact) mass is 193 g/mol. The van der Waals surface area contributed by atoms with E-state index in [1.54, 1.807) is 16.7 Å². The predicted octanol–water partition coefficient (Wildman–Crippen LogP) is 1.25. The van der Waals surface area contributed by atoms with E-state index in [1.165, 1.54) is 7.11 Å². The van der Waals surface area contributed by atoms with Gasteiger partial charge in [0.15, 0.2) is 5.78 Å². The highest BCUT2D eigenvalue weighted by atomic mass is 16.5. The van der Waals surface area contributed by atoms with Gasteiger partial charge in [0.25, 0.3) is 0 Å². The molecule has 4 nitrogen and oxygen atoms in total. The number of aromatic nitrogens is 1. The van der Waals surface area contributed by atoms with Gasteiger partial charge in [0.1, 0.15) is 5.69 Å². The molecule has 0 saturated carbocycles. The summed E-state index contributed by atoms with van der Waals surface area (Å²) in [6.45, 7) is 0.721. The number of hydrogen-bond acceptors (Lipinski definition) is 3. The highest BCUT2D eigenvalue weighted by Crippen LogP contribution is 2.19. The molecule has 1 aliphatic heterocycles. The summed E-state index contributed by atoms with van der Waals surface area (Å²) in [6.07, 6.45) is 1.37. The Morgan fingerprint density at radius 3 is 3.00 bits per heavy atom. The van der Waals surface area contributed by atoms with E-state index in [-0.39, 0.29) is 11.8 Å². The Hall–Kier alpha value is -1.58. The van der Waals surface area contributed by atoms with Gasteiger partial charge in [0.2, 0.25) is 0 Å². The van der Waals surface area contributed by atoms with Gasteiger partial charge in [-0.25, -0.2) is 4.79 Å². The van der Waals surface area contributed by atoms with E-state index >= 15 is 0 Å². The Balaban J connectivity index is 2.45. The average Bonchev–Trinajstić information content (AvgIpc) is 2.62. The molecule has 0 aliphatic carbocycles. The SMILES string of the molecule is COC(=O)c1ccc2n1CCCC2=O. The number of methoxy groups -OCH3 is 1. The van der Waals surface area contributed by atoms with Gasteiger partial charge in [0.05, 0.1) is 12.8 Å². The van der Waals surface area contributed by atoms with Crippen LogP contribution in [0, 0.1) is 0 Å². The second-order valence-electron chi connectivity index (χ2n) is 3.27. The van der Waals surface area contributed by atoms with Gasteiger partial charge in [-0.05, 0) is 18.6 Å². The molecule has 4 heteroatoms. The quantitative estimate of drug-likeness (QED) is 0.630. The zero-order valence-electron chi connectivity index (χ0n) is 7.95. The minimum absolute atomic E-state index is 0.103. The molecule has 2 heterocycles. The summed E-state index contributed by atoms with van der Waals surface area (Å²) in [4.78, 5) is 22.7. The van der Waals surface area contributed by atoms with E-state index in [1.807, 2.05) is 0 Å². The van der Waals surface area contributed by atoms with Crippen molar-refractivity contribution >= 4 is 11.8 Å². The first-order chi connectivity index (χ1) is 6.74. The largest absolute Gasteiger partial charge is 0.464 e. The van der Waals surface area contributed by atoms with E-state index in [9.17, 15) is 9.59 Å². The molecule has 0 saturated heterocycles. The van der Waals surface area contributed by atoms with Crippen molar-refractivity contribution in [1.29, 1.82) is 0 Å². The second kappa shape index (κ2) is 3.29. The number of carbonyl (C=O) groups excluding carboxylic acids is 2. The van der Waals surface area contributed by atoms with Crippen LogP contribution in [0.4, 0.5) is 0 Å².